The van der Waals surface area contributed by atoms with Crippen LogP contribution in [0.2, 0.25) is 0 Å². The molecule has 3 N–H and O–H groups in total. The molecule has 6 heteroatoms. The van der Waals surface area contributed by atoms with Crippen LogP contribution < -0.4 is 15.1 Å². The minimum Gasteiger partial charge on any atom is -0.323 e. The molecule has 6 nitrogen and oxygen atoms in total. The second-order valence-corrected chi connectivity index (χ2v) is 9.46. The number of nitrogens with one attached hydrogen (secondary N) is 3. The van der Waals surface area contributed by atoms with Crippen molar-refractivity contribution < 1.29 is 19.4 Å². The lowest BCUT2D eigenvalue weighted by Gasteiger charge is -2.35. The van der Waals surface area contributed by atoms with Crippen molar-refractivity contribution in [3.63, 3.8) is 0 Å². The lowest BCUT2D eigenvalue weighted by atomic mass is 9.96. The van der Waals surface area contributed by atoms with Crippen molar-refractivity contribution in [1.29, 1.82) is 0 Å². The number of quaternary nitrogens is 2. The third-order valence-electron chi connectivity index (χ3n) is 7.35. The van der Waals surface area contributed by atoms with Crippen molar-refractivity contribution in [3.8, 4) is 0 Å². The van der Waals surface area contributed by atoms with Crippen molar-refractivity contribution in [1.82, 2.24) is 10.2 Å². The Morgan fingerprint density at radius 2 is 1.48 bits per heavy atom. The standard InChI is InChI=1S/C25H30N4O2/c1-25(21-12-13-21)23(30)29(24(31)26-25)18-27-14-16-28(17-15-27)22(19-8-4-2-5-9-19)20-10-6-3-7-11-20/h2-11,21-22H,12-18H2,1H3,(H,26,31)/p+2/t25-/m1/s1. The molecule has 2 heterocycles. The Hall–Kier alpha value is -2.70. The summed E-state index contributed by atoms with van der Waals surface area (Å²) in [6, 6.07) is 21.5. The monoisotopic (exact) mass is 420 g/mol. The summed E-state index contributed by atoms with van der Waals surface area (Å²) < 4.78 is 0. The minimum atomic E-state index is -0.685. The Balaban J connectivity index is 1.26. The quantitative estimate of drug-likeness (QED) is 0.587. The number of benzene rings is 2. The molecule has 2 aliphatic heterocycles. The lowest BCUT2D eigenvalue weighted by Crippen LogP contribution is -3.28. The zero-order valence-electron chi connectivity index (χ0n) is 18.1. The molecule has 0 radical (unpaired) electrons. The van der Waals surface area contributed by atoms with Crippen LogP contribution in [0.25, 0.3) is 0 Å². The molecule has 1 aliphatic carbocycles. The Kier molecular flexibility index (Phi) is 5.28. The number of amides is 3. The minimum absolute atomic E-state index is 0.0336. The van der Waals surface area contributed by atoms with Crippen LogP contribution in [0.5, 0.6) is 0 Å². The highest BCUT2D eigenvalue weighted by Crippen LogP contribution is 2.42. The maximum atomic E-state index is 13.0. The summed E-state index contributed by atoms with van der Waals surface area (Å²) in [6.07, 6.45) is 2.07. The predicted molar refractivity (Wildman–Crippen MR) is 117 cm³/mol. The Bertz CT molecular complexity index is 899. The average molecular weight is 421 g/mol. The van der Waals surface area contributed by atoms with Crippen LogP contribution in [0.1, 0.15) is 36.9 Å². The summed E-state index contributed by atoms with van der Waals surface area (Å²) in [5.41, 5.74) is 1.98. The summed E-state index contributed by atoms with van der Waals surface area (Å²) in [7, 11) is 0. The van der Waals surface area contributed by atoms with Crippen LogP contribution in [0, 0.1) is 5.92 Å². The number of hydrogen-bond donors (Lipinski definition) is 3. The Morgan fingerprint density at radius 3 is 2.00 bits per heavy atom. The summed E-state index contributed by atoms with van der Waals surface area (Å²) in [6.45, 7) is 6.28. The maximum absolute atomic E-state index is 13.0. The fraction of sp³-hybridized carbons (Fsp3) is 0.440. The third-order valence-corrected chi connectivity index (χ3v) is 7.35. The fourth-order valence-electron chi connectivity index (χ4n) is 5.35. The van der Waals surface area contributed by atoms with Crippen molar-refractivity contribution in [3.05, 3.63) is 71.8 Å². The number of imide groups is 1. The number of rotatable bonds is 6. The molecule has 162 valence electrons. The van der Waals surface area contributed by atoms with E-state index in [4.69, 9.17) is 0 Å². The largest absolute Gasteiger partial charge is 0.329 e. The van der Waals surface area contributed by atoms with Gasteiger partial charge in [0.05, 0.1) is 0 Å². The van der Waals surface area contributed by atoms with Gasteiger partial charge in [-0.05, 0) is 25.7 Å². The highest BCUT2D eigenvalue weighted by atomic mass is 16.2. The molecule has 3 aliphatic rings. The average Bonchev–Trinajstić information content (AvgIpc) is 3.63. The normalized spacial score (nSPS) is 28.8. The van der Waals surface area contributed by atoms with Gasteiger partial charge >= 0.3 is 6.03 Å². The molecule has 0 unspecified atom stereocenters. The summed E-state index contributed by atoms with van der Waals surface area (Å²) in [5, 5.41) is 2.97. The van der Waals surface area contributed by atoms with E-state index in [2.05, 4.69) is 66.0 Å². The van der Waals surface area contributed by atoms with E-state index in [0.717, 1.165) is 39.0 Å². The van der Waals surface area contributed by atoms with E-state index in [1.165, 1.54) is 20.9 Å². The van der Waals surface area contributed by atoms with Gasteiger partial charge in [0.15, 0.2) is 6.67 Å². The van der Waals surface area contributed by atoms with E-state index in [-0.39, 0.29) is 11.9 Å². The van der Waals surface area contributed by atoms with Crippen molar-refractivity contribution in [2.24, 2.45) is 5.92 Å². The van der Waals surface area contributed by atoms with Gasteiger partial charge in [-0.2, -0.15) is 0 Å². The van der Waals surface area contributed by atoms with Gasteiger partial charge in [-0.1, -0.05) is 60.7 Å². The molecular formula is C25H32N4O2+2. The van der Waals surface area contributed by atoms with E-state index in [9.17, 15) is 9.59 Å². The van der Waals surface area contributed by atoms with Crippen LogP contribution in [-0.4, -0.2) is 55.2 Å². The molecule has 0 aromatic heterocycles. The number of urea groups is 1. The van der Waals surface area contributed by atoms with Crippen molar-refractivity contribution in [2.75, 3.05) is 32.8 Å². The van der Waals surface area contributed by atoms with E-state index < -0.39 is 5.54 Å². The highest BCUT2D eigenvalue weighted by Gasteiger charge is 2.56. The molecule has 3 amide bonds. The van der Waals surface area contributed by atoms with E-state index >= 15 is 0 Å². The highest BCUT2D eigenvalue weighted by molar-refractivity contribution is 6.07. The number of carbonyl (C=O) groups is 2. The molecule has 3 fully saturated rings. The van der Waals surface area contributed by atoms with Crippen LogP contribution in [-0.2, 0) is 4.79 Å². The van der Waals surface area contributed by atoms with Gasteiger partial charge < -0.3 is 15.1 Å². The van der Waals surface area contributed by atoms with Crippen LogP contribution in [0.4, 0.5) is 4.79 Å². The molecule has 0 bridgehead atoms. The molecule has 0 spiro atoms. The summed E-state index contributed by atoms with van der Waals surface area (Å²) >= 11 is 0. The third kappa shape index (κ3) is 3.86. The Morgan fingerprint density at radius 1 is 0.935 bits per heavy atom. The topological polar surface area (TPSA) is 58.3 Å². The van der Waals surface area contributed by atoms with Gasteiger partial charge in [-0.25, -0.2) is 9.69 Å². The maximum Gasteiger partial charge on any atom is 0.329 e. The second kappa shape index (κ2) is 8.09. The lowest BCUT2D eigenvalue weighted by molar-refractivity contribution is -1.03. The number of piperazine rings is 1. The zero-order chi connectivity index (χ0) is 21.4. The second-order valence-electron chi connectivity index (χ2n) is 9.46. The summed E-state index contributed by atoms with van der Waals surface area (Å²) in [5.74, 6) is 0.275. The first-order chi connectivity index (χ1) is 15.1. The molecule has 2 aromatic rings. The fourth-order valence-corrected chi connectivity index (χ4v) is 5.35. The first kappa shape index (κ1) is 20.2. The van der Waals surface area contributed by atoms with E-state index in [1.807, 2.05) is 6.92 Å². The molecule has 31 heavy (non-hydrogen) atoms. The smallest absolute Gasteiger partial charge is 0.323 e. The van der Waals surface area contributed by atoms with Crippen LogP contribution in [0.15, 0.2) is 60.7 Å². The van der Waals surface area contributed by atoms with Gasteiger partial charge in [0, 0.05) is 11.1 Å². The molecule has 1 saturated carbocycles. The van der Waals surface area contributed by atoms with Gasteiger partial charge in [0.2, 0.25) is 0 Å². The SMILES string of the molecule is C[C@]1(C2CC2)NC(=O)N(C[NH+]2CC[NH+](C(c3ccccc3)c3ccccc3)CC2)C1=O. The van der Waals surface area contributed by atoms with Crippen LogP contribution >= 0.6 is 0 Å². The molecule has 1 atom stereocenters. The first-order valence-electron chi connectivity index (χ1n) is 11.5. The number of nitrogens with zero attached hydrogens (tertiary/aromatic N) is 1. The summed E-state index contributed by atoms with van der Waals surface area (Å²) in [4.78, 5) is 29.8. The number of carbonyl (C=O) groups excluding carboxylic acids is 2. The van der Waals surface area contributed by atoms with Gasteiger partial charge in [-0.3, -0.25) is 4.79 Å². The van der Waals surface area contributed by atoms with E-state index in [1.54, 1.807) is 4.90 Å². The molecule has 2 saturated heterocycles. The van der Waals surface area contributed by atoms with Gasteiger partial charge in [0.25, 0.3) is 5.91 Å². The first-order valence-corrected chi connectivity index (χ1v) is 11.5. The molecular weight excluding hydrogens is 388 g/mol. The zero-order valence-corrected chi connectivity index (χ0v) is 18.1. The van der Waals surface area contributed by atoms with Crippen LogP contribution in [0.3, 0.4) is 0 Å². The van der Waals surface area contributed by atoms with Crippen molar-refractivity contribution >= 4 is 11.9 Å². The Labute approximate surface area is 183 Å². The van der Waals surface area contributed by atoms with Gasteiger partial charge in [0.1, 0.15) is 37.8 Å². The predicted octanol–water partition coefficient (Wildman–Crippen LogP) is 0.237. The molecule has 2 aromatic carbocycles. The van der Waals surface area contributed by atoms with E-state index in [0.29, 0.717) is 18.6 Å². The van der Waals surface area contributed by atoms with Crippen molar-refractivity contribution in [2.45, 2.75) is 31.3 Å². The number of hydrogen-bond acceptors (Lipinski definition) is 2. The molecule has 5 rings (SSSR count). The van der Waals surface area contributed by atoms with Gasteiger partial charge in [-0.15, -0.1) is 0 Å².